The van der Waals surface area contributed by atoms with Gasteiger partial charge < -0.3 is 5.73 Å². The molecule has 5 nitrogen and oxygen atoms in total. The number of hydrogen-bond donors (Lipinski definition) is 1. The number of primary amides is 1. The maximum absolute atomic E-state index is 11.5. The molecule has 1 aromatic carbocycles. The molecule has 0 bridgehead atoms. The number of carbonyl (C=O) groups excluding carboxylic acids is 1. The SMILES string of the molecule is CC(C)N1CCCC(n2cc3cccc(C(N)=O)c3n2)C1. The molecule has 5 heteroatoms. The van der Waals surface area contributed by atoms with Crippen LogP contribution in [0.2, 0.25) is 0 Å². The van der Waals surface area contributed by atoms with Crippen LogP contribution in [0.25, 0.3) is 10.9 Å². The lowest BCUT2D eigenvalue weighted by Gasteiger charge is -2.35. The molecule has 3 rings (SSSR count). The number of rotatable bonds is 3. The summed E-state index contributed by atoms with van der Waals surface area (Å²) in [5.74, 6) is -0.418. The van der Waals surface area contributed by atoms with E-state index in [2.05, 4.69) is 23.8 Å². The van der Waals surface area contributed by atoms with Gasteiger partial charge in [0.05, 0.1) is 11.6 Å². The number of fused-ring (bicyclic) bond motifs is 1. The maximum atomic E-state index is 11.5. The molecule has 0 spiro atoms. The topological polar surface area (TPSA) is 64.2 Å². The third-order valence-electron chi connectivity index (χ3n) is 4.35. The van der Waals surface area contributed by atoms with Gasteiger partial charge in [-0.25, -0.2) is 0 Å². The third kappa shape index (κ3) is 2.65. The summed E-state index contributed by atoms with van der Waals surface area (Å²) in [7, 11) is 0. The second-order valence-electron chi connectivity index (χ2n) is 6.10. The van der Waals surface area contributed by atoms with E-state index >= 15 is 0 Å². The lowest BCUT2D eigenvalue weighted by atomic mass is 10.0. The van der Waals surface area contributed by atoms with Crippen LogP contribution in [-0.2, 0) is 0 Å². The van der Waals surface area contributed by atoms with E-state index in [1.54, 1.807) is 6.07 Å². The molecule has 112 valence electrons. The smallest absolute Gasteiger partial charge is 0.250 e. The zero-order valence-electron chi connectivity index (χ0n) is 12.6. The van der Waals surface area contributed by atoms with Gasteiger partial charge in [0.15, 0.2) is 0 Å². The first-order valence-electron chi connectivity index (χ1n) is 7.58. The number of carbonyl (C=O) groups is 1. The molecule has 2 N–H and O–H groups in total. The minimum atomic E-state index is -0.418. The molecule has 21 heavy (non-hydrogen) atoms. The van der Waals surface area contributed by atoms with Crippen molar-refractivity contribution in [2.24, 2.45) is 5.73 Å². The average Bonchev–Trinajstić information content (AvgIpc) is 2.91. The minimum absolute atomic E-state index is 0.370. The largest absolute Gasteiger partial charge is 0.366 e. The summed E-state index contributed by atoms with van der Waals surface area (Å²) in [6, 6.07) is 6.50. The second kappa shape index (κ2) is 5.48. The predicted molar refractivity (Wildman–Crippen MR) is 83.2 cm³/mol. The number of nitrogens with two attached hydrogens (primary N) is 1. The van der Waals surface area contributed by atoms with Crippen LogP contribution in [0.4, 0.5) is 0 Å². The van der Waals surface area contributed by atoms with Crippen LogP contribution in [0.3, 0.4) is 0 Å². The van der Waals surface area contributed by atoms with Gasteiger partial charge in [0.2, 0.25) is 0 Å². The van der Waals surface area contributed by atoms with Crippen molar-refractivity contribution in [1.29, 1.82) is 0 Å². The van der Waals surface area contributed by atoms with Crippen molar-refractivity contribution >= 4 is 16.8 Å². The summed E-state index contributed by atoms with van der Waals surface area (Å²) in [5, 5.41) is 5.62. The Labute approximate surface area is 124 Å². The lowest BCUT2D eigenvalue weighted by molar-refractivity contribution is 0.100. The van der Waals surface area contributed by atoms with Crippen molar-refractivity contribution in [2.45, 2.75) is 38.8 Å². The van der Waals surface area contributed by atoms with Crippen molar-refractivity contribution < 1.29 is 4.79 Å². The first-order chi connectivity index (χ1) is 10.1. The Morgan fingerprint density at radius 2 is 2.24 bits per heavy atom. The first-order valence-corrected chi connectivity index (χ1v) is 7.58. The summed E-state index contributed by atoms with van der Waals surface area (Å²) in [4.78, 5) is 14.0. The first kappa shape index (κ1) is 14.1. The van der Waals surface area contributed by atoms with E-state index in [1.165, 1.54) is 6.42 Å². The van der Waals surface area contributed by atoms with Crippen molar-refractivity contribution in [3.63, 3.8) is 0 Å². The van der Waals surface area contributed by atoms with Gasteiger partial charge in [0.25, 0.3) is 5.91 Å². The van der Waals surface area contributed by atoms with Gasteiger partial charge in [-0.05, 0) is 39.3 Å². The van der Waals surface area contributed by atoms with Crippen LogP contribution in [0.1, 0.15) is 43.1 Å². The fraction of sp³-hybridized carbons (Fsp3) is 0.500. The van der Waals surface area contributed by atoms with Gasteiger partial charge >= 0.3 is 0 Å². The Morgan fingerprint density at radius 1 is 1.43 bits per heavy atom. The van der Waals surface area contributed by atoms with Crippen LogP contribution in [-0.4, -0.2) is 39.7 Å². The Bertz CT molecular complexity index is 661. The molecule has 0 saturated carbocycles. The van der Waals surface area contributed by atoms with Gasteiger partial charge in [-0.15, -0.1) is 0 Å². The number of amides is 1. The van der Waals surface area contributed by atoms with Crippen LogP contribution in [0, 0.1) is 0 Å². The monoisotopic (exact) mass is 286 g/mol. The molecule has 1 saturated heterocycles. The highest BCUT2D eigenvalue weighted by molar-refractivity contribution is 6.04. The fourth-order valence-corrected chi connectivity index (χ4v) is 3.12. The van der Waals surface area contributed by atoms with E-state index in [9.17, 15) is 4.79 Å². The minimum Gasteiger partial charge on any atom is -0.366 e. The highest BCUT2D eigenvalue weighted by atomic mass is 16.1. The summed E-state index contributed by atoms with van der Waals surface area (Å²) < 4.78 is 2.02. The van der Waals surface area contributed by atoms with Crippen LogP contribution < -0.4 is 5.73 Å². The molecule has 2 heterocycles. The zero-order valence-corrected chi connectivity index (χ0v) is 12.6. The van der Waals surface area contributed by atoms with E-state index < -0.39 is 5.91 Å². The van der Waals surface area contributed by atoms with Gasteiger partial charge in [-0.3, -0.25) is 14.4 Å². The number of nitrogens with zero attached hydrogens (tertiary/aromatic N) is 3. The molecular formula is C16H22N4O. The standard InChI is InChI=1S/C16H22N4O/c1-11(2)19-8-4-6-13(10-19)20-9-12-5-3-7-14(16(17)21)15(12)18-20/h3,5,7,9,11,13H,4,6,8,10H2,1-2H3,(H2,17,21). The van der Waals surface area contributed by atoms with Gasteiger partial charge in [-0.1, -0.05) is 12.1 Å². The number of hydrogen-bond acceptors (Lipinski definition) is 3. The summed E-state index contributed by atoms with van der Waals surface area (Å²) in [6.07, 6.45) is 4.35. The molecule has 0 radical (unpaired) electrons. The highest BCUT2D eigenvalue weighted by Gasteiger charge is 2.24. The molecular weight excluding hydrogens is 264 g/mol. The van der Waals surface area contributed by atoms with Crippen LogP contribution >= 0.6 is 0 Å². The molecule has 1 aliphatic rings. The van der Waals surface area contributed by atoms with Gasteiger partial charge in [-0.2, -0.15) is 5.10 Å². The van der Waals surface area contributed by atoms with Gasteiger partial charge in [0.1, 0.15) is 5.52 Å². The normalized spacial score (nSPS) is 20.2. The number of piperidine rings is 1. The van der Waals surface area contributed by atoms with E-state index in [1.807, 2.05) is 23.0 Å². The summed E-state index contributed by atoms with van der Waals surface area (Å²) in [6.45, 7) is 6.62. The Balaban J connectivity index is 1.94. The molecule has 1 amide bonds. The Hall–Kier alpha value is -1.88. The van der Waals surface area contributed by atoms with Crippen molar-refractivity contribution in [3.8, 4) is 0 Å². The molecule has 1 unspecified atom stereocenters. The third-order valence-corrected chi connectivity index (χ3v) is 4.35. The van der Waals surface area contributed by atoms with Crippen LogP contribution in [0.15, 0.2) is 24.4 Å². The number of likely N-dealkylation sites (tertiary alicyclic amines) is 1. The predicted octanol–water partition coefficient (Wildman–Crippen LogP) is 2.18. The summed E-state index contributed by atoms with van der Waals surface area (Å²) in [5.41, 5.74) is 6.65. The number of aromatic nitrogens is 2. The van der Waals surface area contributed by atoms with Crippen molar-refractivity contribution in [2.75, 3.05) is 13.1 Å². The zero-order chi connectivity index (χ0) is 15.0. The van der Waals surface area contributed by atoms with E-state index in [0.29, 0.717) is 23.2 Å². The fourth-order valence-electron chi connectivity index (χ4n) is 3.12. The quantitative estimate of drug-likeness (QED) is 0.940. The van der Waals surface area contributed by atoms with Crippen molar-refractivity contribution in [1.82, 2.24) is 14.7 Å². The van der Waals surface area contributed by atoms with Crippen molar-refractivity contribution in [3.05, 3.63) is 30.0 Å². The molecule has 1 aromatic heterocycles. The van der Waals surface area contributed by atoms with E-state index in [-0.39, 0.29) is 0 Å². The Kier molecular flexibility index (Phi) is 3.68. The van der Waals surface area contributed by atoms with Crippen LogP contribution in [0.5, 0.6) is 0 Å². The average molecular weight is 286 g/mol. The Morgan fingerprint density at radius 3 is 2.95 bits per heavy atom. The highest BCUT2D eigenvalue weighted by Crippen LogP contribution is 2.25. The molecule has 1 aliphatic heterocycles. The molecule has 1 atom stereocenters. The van der Waals surface area contributed by atoms with E-state index in [4.69, 9.17) is 5.73 Å². The van der Waals surface area contributed by atoms with E-state index in [0.717, 1.165) is 24.9 Å². The molecule has 2 aromatic rings. The maximum Gasteiger partial charge on any atom is 0.250 e. The molecule has 0 aliphatic carbocycles. The second-order valence-corrected chi connectivity index (χ2v) is 6.10. The summed E-state index contributed by atoms with van der Waals surface area (Å²) >= 11 is 0. The number of benzene rings is 1. The van der Waals surface area contributed by atoms with Gasteiger partial charge in [0, 0.05) is 24.2 Å². The lowest BCUT2D eigenvalue weighted by Crippen LogP contribution is -2.40. The molecule has 1 fully saturated rings.